The lowest BCUT2D eigenvalue weighted by Crippen LogP contribution is -2.23. The number of anilines is 1. The lowest BCUT2D eigenvalue weighted by atomic mass is 10.2. The fourth-order valence-corrected chi connectivity index (χ4v) is 2.33. The molecule has 0 amide bonds. The molecule has 0 bridgehead atoms. The van der Waals surface area contributed by atoms with Gasteiger partial charge in [-0.05, 0) is 24.6 Å². The second kappa shape index (κ2) is 5.60. The monoisotopic (exact) mass is 327 g/mol. The van der Waals surface area contributed by atoms with Crippen molar-refractivity contribution in [3.63, 3.8) is 0 Å². The Labute approximate surface area is 132 Å². The van der Waals surface area contributed by atoms with Crippen LogP contribution < -0.4 is 15.3 Å². The zero-order chi connectivity index (χ0) is 18.5. The fraction of sp³-hybridized carbons (Fsp3) is 0.333. The standard InChI is InChI=1S/C15H14F3N3O2/c1-8-6-21-13(20(8)2)5-12(19-15(21)22)23-7-9-3-10(16)14(18)11(17)4-9/h3-5,8H,6-7H2,1-2H3/t8-/m0/s1/i7D2. The number of fused-ring (bicyclic) bond motifs is 1. The van der Waals surface area contributed by atoms with E-state index in [1.54, 1.807) is 11.9 Å². The van der Waals surface area contributed by atoms with Crippen LogP contribution in [0.15, 0.2) is 23.0 Å². The summed E-state index contributed by atoms with van der Waals surface area (Å²) in [6.07, 6.45) is 0. The zero-order valence-corrected chi connectivity index (χ0v) is 12.3. The molecule has 8 heteroatoms. The number of benzene rings is 1. The largest absolute Gasteiger partial charge is 0.473 e. The van der Waals surface area contributed by atoms with Crippen LogP contribution in [-0.2, 0) is 13.1 Å². The molecular formula is C15H14F3N3O2. The van der Waals surface area contributed by atoms with Crippen molar-refractivity contribution >= 4 is 5.82 Å². The van der Waals surface area contributed by atoms with Crippen LogP contribution in [0.4, 0.5) is 19.0 Å². The first-order chi connectivity index (χ1) is 11.6. The Bertz CT molecular complexity index is 881. The molecule has 1 aliphatic rings. The maximum Gasteiger partial charge on any atom is 0.352 e. The topological polar surface area (TPSA) is 47.4 Å². The van der Waals surface area contributed by atoms with Crippen LogP contribution >= 0.6 is 0 Å². The second-order valence-electron chi connectivity index (χ2n) is 5.26. The van der Waals surface area contributed by atoms with E-state index in [-0.39, 0.29) is 11.9 Å². The highest BCUT2D eigenvalue weighted by Gasteiger charge is 2.25. The molecule has 0 saturated heterocycles. The minimum atomic E-state index is -2.73. The molecule has 0 spiro atoms. The minimum Gasteiger partial charge on any atom is -0.473 e. The van der Waals surface area contributed by atoms with E-state index in [0.29, 0.717) is 24.5 Å². The first kappa shape index (κ1) is 13.0. The Morgan fingerprint density at radius 1 is 1.35 bits per heavy atom. The molecule has 0 fully saturated rings. The van der Waals surface area contributed by atoms with Gasteiger partial charge in [0.15, 0.2) is 17.5 Å². The van der Waals surface area contributed by atoms with E-state index in [4.69, 9.17) is 7.48 Å². The van der Waals surface area contributed by atoms with E-state index in [1.807, 2.05) is 6.92 Å². The molecule has 0 N–H and O–H groups in total. The highest BCUT2D eigenvalue weighted by molar-refractivity contribution is 5.45. The Kier molecular flexibility index (Phi) is 3.16. The predicted octanol–water partition coefficient (Wildman–Crippen LogP) is 2.08. The van der Waals surface area contributed by atoms with Gasteiger partial charge >= 0.3 is 5.69 Å². The first-order valence-corrected chi connectivity index (χ1v) is 6.79. The predicted molar refractivity (Wildman–Crippen MR) is 77.0 cm³/mol. The summed E-state index contributed by atoms with van der Waals surface area (Å²) < 4.78 is 61.9. The van der Waals surface area contributed by atoms with Crippen LogP contribution in [0.25, 0.3) is 0 Å². The van der Waals surface area contributed by atoms with Crippen LogP contribution in [0.5, 0.6) is 5.88 Å². The number of nitrogens with zero attached hydrogens (tertiary/aromatic N) is 3. The van der Waals surface area contributed by atoms with Crippen molar-refractivity contribution in [3.8, 4) is 5.88 Å². The summed E-state index contributed by atoms with van der Waals surface area (Å²) in [5.74, 6) is -4.65. The summed E-state index contributed by atoms with van der Waals surface area (Å²) in [6, 6.07) is 2.39. The molecule has 0 saturated carbocycles. The minimum absolute atomic E-state index is 0.0433. The summed E-state index contributed by atoms with van der Waals surface area (Å²) in [7, 11) is 1.76. The summed E-state index contributed by atoms with van der Waals surface area (Å²) in [4.78, 5) is 17.5. The van der Waals surface area contributed by atoms with Gasteiger partial charge in [0.25, 0.3) is 0 Å². The number of hydrogen-bond donors (Lipinski definition) is 0. The number of hydrogen-bond acceptors (Lipinski definition) is 4. The number of likely N-dealkylation sites (N-methyl/N-ethyl adjacent to an activating group) is 1. The summed E-state index contributed by atoms with van der Waals surface area (Å²) in [6.45, 7) is -0.397. The van der Waals surface area contributed by atoms with E-state index in [1.165, 1.54) is 10.6 Å². The molecule has 1 aromatic carbocycles. The first-order valence-electron chi connectivity index (χ1n) is 7.79. The van der Waals surface area contributed by atoms with Crippen molar-refractivity contribution < 1.29 is 20.6 Å². The molecule has 5 nitrogen and oxygen atoms in total. The third kappa shape index (κ3) is 2.76. The molecule has 1 aromatic heterocycles. The van der Waals surface area contributed by atoms with Crippen molar-refractivity contribution in [2.75, 3.05) is 11.9 Å². The van der Waals surface area contributed by atoms with Gasteiger partial charge in [-0.15, -0.1) is 0 Å². The average Bonchev–Trinajstić information content (AvgIpc) is 2.80. The molecular weight excluding hydrogens is 311 g/mol. The summed E-state index contributed by atoms with van der Waals surface area (Å²) >= 11 is 0. The molecule has 0 unspecified atom stereocenters. The maximum absolute atomic E-state index is 13.3. The molecule has 2 aromatic rings. The van der Waals surface area contributed by atoms with Gasteiger partial charge in [-0.1, -0.05) is 0 Å². The van der Waals surface area contributed by atoms with E-state index < -0.39 is 35.3 Å². The van der Waals surface area contributed by atoms with Crippen LogP contribution in [0, 0.1) is 17.5 Å². The summed E-state index contributed by atoms with van der Waals surface area (Å²) in [5.41, 5.74) is -1.20. The van der Waals surface area contributed by atoms with E-state index in [9.17, 15) is 18.0 Å². The van der Waals surface area contributed by atoms with Gasteiger partial charge in [0.1, 0.15) is 12.4 Å². The van der Waals surface area contributed by atoms with Gasteiger partial charge in [0, 0.05) is 25.7 Å². The molecule has 0 radical (unpaired) electrons. The number of halogens is 3. The van der Waals surface area contributed by atoms with Crippen molar-refractivity contribution in [2.45, 2.75) is 26.1 Å². The Morgan fingerprint density at radius 2 is 2.00 bits per heavy atom. The van der Waals surface area contributed by atoms with Crippen LogP contribution in [0.2, 0.25) is 0 Å². The van der Waals surface area contributed by atoms with Gasteiger partial charge in [0.2, 0.25) is 5.88 Å². The Balaban J connectivity index is 1.97. The van der Waals surface area contributed by atoms with Crippen molar-refractivity contribution in [1.29, 1.82) is 0 Å². The average molecular weight is 327 g/mol. The number of aromatic nitrogens is 2. The molecule has 3 rings (SSSR count). The second-order valence-corrected chi connectivity index (χ2v) is 5.26. The maximum atomic E-state index is 13.3. The van der Waals surface area contributed by atoms with Crippen molar-refractivity contribution in [1.82, 2.24) is 9.55 Å². The number of rotatable bonds is 3. The van der Waals surface area contributed by atoms with Gasteiger partial charge in [0.05, 0.1) is 2.74 Å². The smallest absolute Gasteiger partial charge is 0.352 e. The molecule has 1 atom stereocenters. The third-order valence-corrected chi connectivity index (χ3v) is 3.69. The molecule has 0 aliphatic carbocycles. The quantitative estimate of drug-likeness (QED) is 0.810. The molecule has 1 aliphatic heterocycles. The van der Waals surface area contributed by atoms with E-state index in [2.05, 4.69) is 4.98 Å². The van der Waals surface area contributed by atoms with Crippen molar-refractivity contribution in [3.05, 3.63) is 51.7 Å². The number of ether oxygens (including phenoxy) is 1. The zero-order valence-electron chi connectivity index (χ0n) is 14.3. The van der Waals surface area contributed by atoms with Crippen LogP contribution in [-0.4, -0.2) is 22.6 Å². The Hall–Kier alpha value is -2.51. The lowest BCUT2D eigenvalue weighted by molar-refractivity contribution is 0.289. The highest BCUT2D eigenvalue weighted by Crippen LogP contribution is 2.25. The van der Waals surface area contributed by atoms with Gasteiger partial charge < -0.3 is 9.64 Å². The Morgan fingerprint density at radius 3 is 2.65 bits per heavy atom. The van der Waals surface area contributed by atoms with Gasteiger partial charge in [-0.25, -0.2) is 18.0 Å². The van der Waals surface area contributed by atoms with Crippen LogP contribution in [0.3, 0.4) is 0 Å². The van der Waals surface area contributed by atoms with E-state index in [0.717, 1.165) is 0 Å². The lowest BCUT2D eigenvalue weighted by Gasteiger charge is -2.16. The fourth-order valence-electron chi connectivity index (χ4n) is 2.33. The molecule has 2 heterocycles. The van der Waals surface area contributed by atoms with Crippen LogP contribution in [0.1, 0.15) is 15.2 Å². The normalized spacial score (nSPS) is 18.5. The van der Waals surface area contributed by atoms with Gasteiger partial charge in [-0.3, -0.25) is 4.57 Å². The summed E-state index contributed by atoms with van der Waals surface area (Å²) in [5, 5.41) is 0. The van der Waals surface area contributed by atoms with Gasteiger partial charge in [-0.2, -0.15) is 4.98 Å². The third-order valence-electron chi connectivity index (χ3n) is 3.69. The highest BCUT2D eigenvalue weighted by atomic mass is 19.2. The molecule has 122 valence electrons. The van der Waals surface area contributed by atoms with E-state index >= 15 is 0 Å². The SMILES string of the molecule is [2H]C([2H])(Oc1cc2n(c(=O)n1)C[C@H](C)N2C)c1cc(F)c(F)c(F)c1. The van der Waals surface area contributed by atoms with Crippen molar-refractivity contribution in [2.24, 2.45) is 0 Å². The molecule has 23 heavy (non-hydrogen) atoms.